The van der Waals surface area contributed by atoms with Crippen molar-refractivity contribution in [3.05, 3.63) is 24.3 Å². The Bertz CT molecular complexity index is 318. The van der Waals surface area contributed by atoms with E-state index >= 15 is 0 Å². The summed E-state index contributed by atoms with van der Waals surface area (Å²) in [5, 5.41) is 3.49. The van der Waals surface area contributed by atoms with E-state index in [1.54, 1.807) is 0 Å². The van der Waals surface area contributed by atoms with Gasteiger partial charge in [0.25, 0.3) is 0 Å². The van der Waals surface area contributed by atoms with E-state index < -0.39 is 0 Å². The van der Waals surface area contributed by atoms with Gasteiger partial charge in [-0.25, -0.2) is 0 Å². The predicted molar refractivity (Wildman–Crippen MR) is 79.4 cm³/mol. The monoisotopic (exact) mass is 249 g/mol. The van der Waals surface area contributed by atoms with Crippen LogP contribution < -0.4 is 10.1 Å². The van der Waals surface area contributed by atoms with Crippen LogP contribution in [0, 0.1) is 5.92 Å². The smallest absolute Gasteiger partial charge is 0.119 e. The lowest BCUT2D eigenvalue weighted by molar-refractivity contribution is 0.306. The molecule has 0 radical (unpaired) electrons. The van der Waals surface area contributed by atoms with Crippen molar-refractivity contribution in [2.75, 3.05) is 11.9 Å². The van der Waals surface area contributed by atoms with Crippen molar-refractivity contribution in [1.82, 2.24) is 0 Å². The summed E-state index contributed by atoms with van der Waals surface area (Å²) in [6.07, 6.45) is 3.62. The largest absolute Gasteiger partial charge is 0.494 e. The van der Waals surface area contributed by atoms with Gasteiger partial charge in [0.2, 0.25) is 0 Å². The van der Waals surface area contributed by atoms with Gasteiger partial charge < -0.3 is 10.1 Å². The zero-order chi connectivity index (χ0) is 13.4. The molecular weight excluding hydrogens is 222 g/mol. The molecule has 0 aliphatic rings. The fourth-order valence-electron chi connectivity index (χ4n) is 1.62. The Kier molecular flexibility index (Phi) is 6.63. The van der Waals surface area contributed by atoms with Crippen LogP contribution in [-0.4, -0.2) is 12.6 Å². The minimum absolute atomic E-state index is 0.487. The Morgan fingerprint density at radius 3 is 2.28 bits per heavy atom. The number of hydrogen-bond acceptors (Lipinski definition) is 2. The average Bonchev–Trinajstić information content (AvgIpc) is 2.36. The van der Waals surface area contributed by atoms with Crippen molar-refractivity contribution in [2.45, 2.75) is 53.0 Å². The van der Waals surface area contributed by atoms with E-state index in [1.165, 1.54) is 12.8 Å². The van der Waals surface area contributed by atoms with E-state index in [9.17, 15) is 0 Å². The number of benzene rings is 1. The van der Waals surface area contributed by atoms with Crippen LogP contribution in [0.15, 0.2) is 24.3 Å². The van der Waals surface area contributed by atoms with Gasteiger partial charge in [0.1, 0.15) is 5.75 Å². The molecule has 2 heteroatoms. The molecule has 0 saturated heterocycles. The van der Waals surface area contributed by atoms with Gasteiger partial charge in [-0.2, -0.15) is 0 Å². The molecule has 0 fully saturated rings. The van der Waals surface area contributed by atoms with Crippen LogP contribution >= 0.6 is 0 Å². The van der Waals surface area contributed by atoms with E-state index in [-0.39, 0.29) is 0 Å². The minimum atomic E-state index is 0.487. The summed E-state index contributed by atoms with van der Waals surface area (Å²) < 4.78 is 5.69. The second kappa shape index (κ2) is 8.02. The van der Waals surface area contributed by atoms with Gasteiger partial charge in [-0.1, -0.05) is 33.6 Å². The number of unbranched alkanes of at least 4 members (excludes halogenated alkanes) is 2. The SMILES string of the molecule is CCCCCOc1ccc(NC(C)C(C)C)cc1. The summed E-state index contributed by atoms with van der Waals surface area (Å²) in [5.41, 5.74) is 1.16. The number of anilines is 1. The van der Waals surface area contributed by atoms with Gasteiger partial charge in [0.15, 0.2) is 0 Å². The highest BCUT2D eigenvalue weighted by molar-refractivity contribution is 5.47. The lowest BCUT2D eigenvalue weighted by atomic mass is 10.1. The zero-order valence-electron chi connectivity index (χ0n) is 12.2. The second-order valence-corrected chi connectivity index (χ2v) is 5.26. The van der Waals surface area contributed by atoms with Gasteiger partial charge in [-0.3, -0.25) is 0 Å². The Morgan fingerprint density at radius 1 is 1.06 bits per heavy atom. The third-order valence-electron chi connectivity index (χ3n) is 3.27. The second-order valence-electron chi connectivity index (χ2n) is 5.26. The third-order valence-corrected chi connectivity index (χ3v) is 3.27. The summed E-state index contributed by atoms with van der Waals surface area (Å²) in [7, 11) is 0. The molecule has 18 heavy (non-hydrogen) atoms. The maximum absolute atomic E-state index is 5.69. The van der Waals surface area contributed by atoms with E-state index in [1.807, 2.05) is 12.1 Å². The van der Waals surface area contributed by atoms with Crippen LogP contribution in [0.4, 0.5) is 5.69 Å². The van der Waals surface area contributed by atoms with Crippen LogP contribution in [0.1, 0.15) is 47.0 Å². The highest BCUT2D eigenvalue weighted by Gasteiger charge is 2.06. The summed E-state index contributed by atoms with van der Waals surface area (Å²) in [6.45, 7) is 9.69. The molecule has 0 saturated carbocycles. The molecule has 1 unspecified atom stereocenters. The summed E-state index contributed by atoms with van der Waals surface area (Å²) in [6, 6.07) is 8.76. The molecule has 1 atom stereocenters. The molecule has 0 aliphatic heterocycles. The first-order chi connectivity index (χ1) is 8.63. The highest BCUT2D eigenvalue weighted by atomic mass is 16.5. The molecule has 2 nitrogen and oxygen atoms in total. The molecule has 0 spiro atoms. The molecule has 0 amide bonds. The van der Waals surface area contributed by atoms with E-state index in [4.69, 9.17) is 4.74 Å². The van der Waals surface area contributed by atoms with Crippen molar-refractivity contribution in [2.24, 2.45) is 5.92 Å². The topological polar surface area (TPSA) is 21.3 Å². The van der Waals surface area contributed by atoms with Crippen LogP contribution in [-0.2, 0) is 0 Å². The van der Waals surface area contributed by atoms with Crippen molar-refractivity contribution < 1.29 is 4.74 Å². The fraction of sp³-hybridized carbons (Fsp3) is 0.625. The van der Waals surface area contributed by atoms with Crippen molar-refractivity contribution in [1.29, 1.82) is 0 Å². The zero-order valence-corrected chi connectivity index (χ0v) is 12.2. The highest BCUT2D eigenvalue weighted by Crippen LogP contribution is 2.18. The van der Waals surface area contributed by atoms with Crippen LogP contribution in [0.25, 0.3) is 0 Å². The van der Waals surface area contributed by atoms with Crippen LogP contribution in [0.2, 0.25) is 0 Å². The number of hydrogen-bond donors (Lipinski definition) is 1. The summed E-state index contributed by atoms with van der Waals surface area (Å²) >= 11 is 0. The quantitative estimate of drug-likeness (QED) is 0.674. The maximum Gasteiger partial charge on any atom is 0.119 e. The Morgan fingerprint density at radius 2 is 1.72 bits per heavy atom. The predicted octanol–water partition coefficient (Wildman–Crippen LogP) is 4.71. The van der Waals surface area contributed by atoms with Gasteiger partial charge in [-0.05, 0) is 43.5 Å². The molecular formula is C16H27NO. The van der Waals surface area contributed by atoms with Gasteiger partial charge in [-0.15, -0.1) is 0 Å². The number of nitrogens with one attached hydrogen (secondary N) is 1. The van der Waals surface area contributed by atoms with E-state index in [0.717, 1.165) is 24.5 Å². The molecule has 0 aromatic heterocycles. The Balaban J connectivity index is 2.37. The maximum atomic E-state index is 5.69. The average molecular weight is 249 g/mol. The van der Waals surface area contributed by atoms with Gasteiger partial charge >= 0.3 is 0 Å². The van der Waals surface area contributed by atoms with Gasteiger partial charge in [0, 0.05) is 11.7 Å². The first-order valence-electron chi connectivity index (χ1n) is 7.13. The van der Waals surface area contributed by atoms with Crippen LogP contribution in [0.3, 0.4) is 0 Å². The van der Waals surface area contributed by atoms with Crippen molar-refractivity contribution in [3.8, 4) is 5.75 Å². The lowest BCUT2D eigenvalue weighted by Crippen LogP contribution is -2.21. The molecule has 0 aliphatic carbocycles. The molecule has 1 rings (SSSR count). The van der Waals surface area contributed by atoms with E-state index in [2.05, 4.69) is 45.1 Å². The van der Waals surface area contributed by atoms with Gasteiger partial charge in [0.05, 0.1) is 6.61 Å². The molecule has 1 N–H and O–H groups in total. The Labute approximate surface area is 112 Å². The van der Waals surface area contributed by atoms with Crippen molar-refractivity contribution in [3.63, 3.8) is 0 Å². The third kappa shape index (κ3) is 5.44. The van der Waals surface area contributed by atoms with Crippen molar-refractivity contribution >= 4 is 5.69 Å². The standard InChI is InChI=1S/C16H27NO/c1-5-6-7-12-18-16-10-8-15(9-11-16)17-14(4)13(2)3/h8-11,13-14,17H,5-7,12H2,1-4H3. The number of rotatable bonds is 8. The lowest BCUT2D eigenvalue weighted by Gasteiger charge is -2.19. The van der Waals surface area contributed by atoms with Crippen LogP contribution in [0.5, 0.6) is 5.75 Å². The number of ether oxygens (including phenoxy) is 1. The van der Waals surface area contributed by atoms with E-state index in [0.29, 0.717) is 12.0 Å². The summed E-state index contributed by atoms with van der Waals surface area (Å²) in [4.78, 5) is 0. The molecule has 1 aromatic carbocycles. The first-order valence-corrected chi connectivity index (χ1v) is 7.13. The molecule has 0 heterocycles. The molecule has 1 aromatic rings. The molecule has 0 bridgehead atoms. The first kappa shape index (κ1) is 14.9. The summed E-state index contributed by atoms with van der Waals surface area (Å²) in [5.74, 6) is 1.60. The minimum Gasteiger partial charge on any atom is -0.494 e. The normalized spacial score (nSPS) is 12.5. The fourth-order valence-corrected chi connectivity index (χ4v) is 1.62. The Hall–Kier alpha value is -1.18. The molecule has 102 valence electrons.